The molecule has 2 aromatic rings. The second kappa shape index (κ2) is 5.04. The maximum absolute atomic E-state index is 13.1. The molecule has 0 bridgehead atoms. The highest BCUT2D eigenvalue weighted by atomic mass is 35.5. The van der Waals surface area contributed by atoms with Crippen molar-refractivity contribution >= 4 is 11.6 Å². The Morgan fingerprint density at radius 2 is 1.83 bits per heavy atom. The summed E-state index contributed by atoms with van der Waals surface area (Å²) in [5, 5.41) is 10.7. The van der Waals surface area contributed by atoms with E-state index in [0.717, 1.165) is 17.7 Å². The van der Waals surface area contributed by atoms with Gasteiger partial charge in [-0.25, -0.2) is 8.78 Å². The van der Waals surface area contributed by atoms with Gasteiger partial charge in [0.05, 0.1) is 0 Å². The van der Waals surface area contributed by atoms with Gasteiger partial charge >= 0.3 is 0 Å². The monoisotopic (exact) mass is 268 g/mol. The van der Waals surface area contributed by atoms with Gasteiger partial charge in [0.2, 0.25) is 0 Å². The Morgan fingerprint density at radius 3 is 2.50 bits per heavy atom. The van der Waals surface area contributed by atoms with E-state index in [1.807, 2.05) is 0 Å². The molecule has 1 unspecified atom stereocenters. The Kier molecular flexibility index (Phi) is 3.64. The molecular weight excluding hydrogens is 258 g/mol. The molecule has 2 aromatic carbocycles. The van der Waals surface area contributed by atoms with E-state index in [4.69, 9.17) is 11.6 Å². The predicted molar refractivity (Wildman–Crippen MR) is 66.6 cm³/mol. The minimum atomic E-state index is -1.03. The highest BCUT2D eigenvalue weighted by molar-refractivity contribution is 6.31. The molecule has 0 spiro atoms. The summed E-state index contributed by atoms with van der Waals surface area (Å²) in [5.74, 6) is -1.92. The summed E-state index contributed by atoms with van der Waals surface area (Å²) in [7, 11) is 0. The van der Waals surface area contributed by atoms with E-state index in [-0.39, 0.29) is 0 Å². The zero-order valence-electron chi connectivity index (χ0n) is 9.62. The van der Waals surface area contributed by atoms with Gasteiger partial charge in [-0.3, -0.25) is 0 Å². The lowest BCUT2D eigenvalue weighted by Gasteiger charge is -2.15. The van der Waals surface area contributed by atoms with Gasteiger partial charge in [0, 0.05) is 5.02 Å². The fraction of sp³-hybridized carbons (Fsp3) is 0.143. The number of hydrogen-bond acceptors (Lipinski definition) is 1. The van der Waals surface area contributed by atoms with E-state index < -0.39 is 17.7 Å². The lowest BCUT2D eigenvalue weighted by molar-refractivity contribution is 0.219. The van der Waals surface area contributed by atoms with Crippen LogP contribution in [0, 0.1) is 18.6 Å². The first kappa shape index (κ1) is 13.0. The summed E-state index contributed by atoms with van der Waals surface area (Å²) in [5.41, 5.74) is 1.59. The maximum atomic E-state index is 13.1. The van der Waals surface area contributed by atoms with Crippen LogP contribution in [-0.2, 0) is 0 Å². The fourth-order valence-electron chi connectivity index (χ4n) is 1.78. The summed E-state index contributed by atoms with van der Waals surface area (Å²) >= 11 is 5.96. The Morgan fingerprint density at radius 1 is 1.11 bits per heavy atom. The standard InChI is InChI=1S/C14H11ClF2O/c1-8-10(3-2-4-11(8)15)14(18)9-5-6-12(16)13(17)7-9/h2-7,14,18H,1H3. The van der Waals surface area contributed by atoms with Crippen molar-refractivity contribution in [2.45, 2.75) is 13.0 Å². The zero-order valence-corrected chi connectivity index (χ0v) is 10.4. The van der Waals surface area contributed by atoms with Crippen LogP contribution in [0.1, 0.15) is 22.8 Å². The van der Waals surface area contributed by atoms with Crippen molar-refractivity contribution in [1.82, 2.24) is 0 Å². The third-order valence-corrected chi connectivity index (χ3v) is 3.27. The Balaban J connectivity index is 2.44. The first-order chi connectivity index (χ1) is 8.50. The van der Waals surface area contributed by atoms with Crippen molar-refractivity contribution in [3.63, 3.8) is 0 Å². The summed E-state index contributed by atoms with van der Waals surface area (Å²) < 4.78 is 26.0. The van der Waals surface area contributed by atoms with E-state index in [2.05, 4.69) is 0 Å². The van der Waals surface area contributed by atoms with E-state index in [0.29, 0.717) is 16.1 Å². The summed E-state index contributed by atoms with van der Waals surface area (Å²) in [6, 6.07) is 8.44. The van der Waals surface area contributed by atoms with Crippen LogP contribution in [-0.4, -0.2) is 5.11 Å². The SMILES string of the molecule is Cc1c(Cl)cccc1C(O)c1ccc(F)c(F)c1. The zero-order chi connectivity index (χ0) is 13.3. The molecule has 0 aliphatic rings. The molecule has 0 saturated heterocycles. The molecule has 1 nitrogen and oxygen atoms in total. The quantitative estimate of drug-likeness (QED) is 0.873. The van der Waals surface area contributed by atoms with Crippen LogP contribution in [0.5, 0.6) is 0 Å². The van der Waals surface area contributed by atoms with Gasteiger partial charge < -0.3 is 5.11 Å². The third-order valence-electron chi connectivity index (χ3n) is 2.86. The Labute approximate surface area is 109 Å². The smallest absolute Gasteiger partial charge is 0.159 e. The van der Waals surface area contributed by atoms with Gasteiger partial charge in [0.1, 0.15) is 6.10 Å². The highest BCUT2D eigenvalue weighted by Gasteiger charge is 2.15. The third kappa shape index (κ3) is 2.37. The molecule has 2 rings (SSSR count). The molecule has 94 valence electrons. The van der Waals surface area contributed by atoms with Crippen LogP contribution in [0.4, 0.5) is 8.78 Å². The molecule has 0 aliphatic carbocycles. The second-order valence-corrected chi connectivity index (χ2v) is 4.44. The van der Waals surface area contributed by atoms with Gasteiger partial charge in [-0.05, 0) is 41.8 Å². The number of benzene rings is 2. The van der Waals surface area contributed by atoms with Gasteiger partial charge in [-0.1, -0.05) is 29.8 Å². The van der Waals surface area contributed by atoms with Crippen LogP contribution in [0.3, 0.4) is 0 Å². The van der Waals surface area contributed by atoms with Crippen LogP contribution in [0.25, 0.3) is 0 Å². The van der Waals surface area contributed by atoms with Crippen LogP contribution in [0.2, 0.25) is 5.02 Å². The summed E-state index contributed by atoms with van der Waals surface area (Å²) in [4.78, 5) is 0. The lowest BCUT2D eigenvalue weighted by atomic mass is 9.97. The molecule has 18 heavy (non-hydrogen) atoms. The molecule has 1 N–H and O–H groups in total. The number of rotatable bonds is 2. The molecule has 0 saturated carbocycles. The number of aliphatic hydroxyl groups is 1. The molecule has 0 heterocycles. The van der Waals surface area contributed by atoms with Crippen molar-refractivity contribution in [1.29, 1.82) is 0 Å². The van der Waals surface area contributed by atoms with E-state index >= 15 is 0 Å². The topological polar surface area (TPSA) is 20.2 Å². The van der Waals surface area contributed by atoms with Crippen LogP contribution in [0.15, 0.2) is 36.4 Å². The highest BCUT2D eigenvalue weighted by Crippen LogP contribution is 2.29. The molecule has 0 fully saturated rings. The van der Waals surface area contributed by atoms with Gasteiger partial charge in [0.25, 0.3) is 0 Å². The molecule has 0 aliphatic heterocycles. The van der Waals surface area contributed by atoms with E-state index in [1.54, 1.807) is 25.1 Å². The van der Waals surface area contributed by atoms with Gasteiger partial charge in [0.15, 0.2) is 11.6 Å². The average molecular weight is 269 g/mol. The maximum Gasteiger partial charge on any atom is 0.159 e. The van der Waals surface area contributed by atoms with Crippen molar-refractivity contribution in [2.75, 3.05) is 0 Å². The van der Waals surface area contributed by atoms with Crippen molar-refractivity contribution in [3.05, 3.63) is 69.7 Å². The normalized spacial score (nSPS) is 12.5. The van der Waals surface area contributed by atoms with Gasteiger partial charge in [-0.2, -0.15) is 0 Å². The van der Waals surface area contributed by atoms with Gasteiger partial charge in [-0.15, -0.1) is 0 Å². The Bertz CT molecular complexity index is 584. The molecule has 4 heteroatoms. The van der Waals surface area contributed by atoms with E-state index in [9.17, 15) is 13.9 Å². The fourth-order valence-corrected chi connectivity index (χ4v) is 1.96. The van der Waals surface area contributed by atoms with Crippen LogP contribution >= 0.6 is 11.6 Å². The molecular formula is C14H11ClF2O. The minimum absolute atomic E-state index is 0.291. The first-order valence-electron chi connectivity index (χ1n) is 5.38. The van der Waals surface area contributed by atoms with Crippen molar-refractivity contribution < 1.29 is 13.9 Å². The molecule has 0 aromatic heterocycles. The molecule has 0 amide bonds. The average Bonchev–Trinajstić information content (AvgIpc) is 2.35. The number of hydrogen-bond donors (Lipinski definition) is 1. The minimum Gasteiger partial charge on any atom is -0.384 e. The number of aliphatic hydroxyl groups excluding tert-OH is 1. The summed E-state index contributed by atoms with van der Waals surface area (Å²) in [6.45, 7) is 1.76. The largest absolute Gasteiger partial charge is 0.384 e. The second-order valence-electron chi connectivity index (χ2n) is 4.03. The first-order valence-corrected chi connectivity index (χ1v) is 5.76. The van der Waals surface area contributed by atoms with Crippen molar-refractivity contribution in [2.24, 2.45) is 0 Å². The van der Waals surface area contributed by atoms with Crippen molar-refractivity contribution in [3.8, 4) is 0 Å². The Hall–Kier alpha value is -1.45. The van der Waals surface area contributed by atoms with Crippen LogP contribution < -0.4 is 0 Å². The van der Waals surface area contributed by atoms with E-state index in [1.165, 1.54) is 6.07 Å². The predicted octanol–water partition coefficient (Wildman–Crippen LogP) is 4.01. The number of halogens is 3. The molecule has 0 radical (unpaired) electrons. The molecule has 1 atom stereocenters. The summed E-state index contributed by atoms with van der Waals surface area (Å²) in [6.07, 6.45) is -1.03. The lowest BCUT2D eigenvalue weighted by Crippen LogP contribution is -2.03.